The van der Waals surface area contributed by atoms with Crippen molar-refractivity contribution in [3.05, 3.63) is 46.0 Å². The van der Waals surface area contributed by atoms with Crippen LogP contribution < -0.4 is 16.4 Å². The lowest BCUT2D eigenvalue weighted by Gasteiger charge is -2.27. The summed E-state index contributed by atoms with van der Waals surface area (Å²) >= 11 is 1.79. The number of likely N-dealkylation sites (tertiary alicyclic amines) is 1. The first kappa shape index (κ1) is 21.7. The highest BCUT2D eigenvalue weighted by Crippen LogP contribution is 2.27. The van der Waals surface area contributed by atoms with E-state index in [9.17, 15) is 4.79 Å². The average Bonchev–Trinajstić information content (AvgIpc) is 3.40. The molecule has 7 nitrogen and oxygen atoms in total. The first-order chi connectivity index (χ1) is 12.7. The summed E-state index contributed by atoms with van der Waals surface area (Å²) in [6.45, 7) is 3.49. The number of guanidine groups is 1. The van der Waals surface area contributed by atoms with Crippen LogP contribution in [0.25, 0.3) is 0 Å². The zero-order valence-corrected chi connectivity index (χ0v) is 18.5. The molecular weight excluding hydrogens is 477 g/mol. The van der Waals surface area contributed by atoms with Crippen LogP contribution in [0.2, 0.25) is 0 Å². The van der Waals surface area contributed by atoms with E-state index in [1.165, 1.54) is 17.7 Å². The predicted molar refractivity (Wildman–Crippen MR) is 119 cm³/mol. The van der Waals surface area contributed by atoms with E-state index in [0.29, 0.717) is 24.3 Å². The van der Waals surface area contributed by atoms with Gasteiger partial charge in [-0.15, -0.1) is 35.3 Å². The summed E-state index contributed by atoms with van der Waals surface area (Å²) in [6.07, 6.45) is 2.52. The maximum Gasteiger partial charge on any atom is 0.284 e. The molecular formula is C18H26IN5O2S. The number of halogens is 1. The zero-order chi connectivity index (χ0) is 18.4. The largest absolute Gasteiger partial charge is 0.454 e. The van der Waals surface area contributed by atoms with Gasteiger partial charge in [-0.25, -0.2) is 0 Å². The van der Waals surface area contributed by atoms with Gasteiger partial charge in [-0.2, -0.15) is 0 Å². The Balaban J connectivity index is 0.00000261. The number of hydrogen-bond donors (Lipinski definition) is 3. The van der Waals surface area contributed by atoms with E-state index < -0.39 is 5.91 Å². The number of carbonyl (C=O) groups is 1. The number of amides is 1. The van der Waals surface area contributed by atoms with Crippen molar-refractivity contribution in [3.8, 4) is 0 Å². The fraction of sp³-hybridized carbons (Fsp3) is 0.444. The van der Waals surface area contributed by atoms with Gasteiger partial charge in [0.1, 0.15) is 5.76 Å². The minimum atomic E-state index is -0.567. The molecule has 3 heterocycles. The summed E-state index contributed by atoms with van der Waals surface area (Å²) in [7, 11) is 1.74. The van der Waals surface area contributed by atoms with Crippen LogP contribution in [-0.2, 0) is 6.54 Å². The molecule has 0 aliphatic carbocycles. The number of primary amides is 1. The molecule has 0 radical (unpaired) electrons. The second kappa shape index (κ2) is 10.7. The van der Waals surface area contributed by atoms with Gasteiger partial charge in [-0.3, -0.25) is 14.7 Å². The van der Waals surface area contributed by atoms with Crippen LogP contribution in [0.3, 0.4) is 0 Å². The van der Waals surface area contributed by atoms with Gasteiger partial charge < -0.3 is 20.8 Å². The molecule has 1 amide bonds. The summed E-state index contributed by atoms with van der Waals surface area (Å²) < 4.78 is 5.38. The van der Waals surface area contributed by atoms with Gasteiger partial charge in [0.15, 0.2) is 11.7 Å². The van der Waals surface area contributed by atoms with Crippen LogP contribution in [0.15, 0.2) is 39.1 Å². The quantitative estimate of drug-likeness (QED) is 0.307. The number of aliphatic imine (C=N–C) groups is 1. The smallest absolute Gasteiger partial charge is 0.284 e. The molecule has 0 aromatic carbocycles. The van der Waals surface area contributed by atoms with Crippen molar-refractivity contribution in [2.45, 2.75) is 25.4 Å². The van der Waals surface area contributed by atoms with E-state index in [4.69, 9.17) is 10.2 Å². The van der Waals surface area contributed by atoms with Gasteiger partial charge >= 0.3 is 0 Å². The number of hydrogen-bond acceptors (Lipinski definition) is 5. The normalized spacial score (nSPS) is 16.0. The molecule has 3 rings (SSSR count). The molecule has 1 aliphatic rings. The highest BCUT2D eigenvalue weighted by atomic mass is 127. The summed E-state index contributed by atoms with van der Waals surface area (Å²) in [5.41, 5.74) is 5.20. The molecule has 27 heavy (non-hydrogen) atoms. The number of nitrogens with zero attached hydrogens (tertiary/aromatic N) is 2. The third-order valence-electron chi connectivity index (χ3n) is 4.47. The van der Waals surface area contributed by atoms with Gasteiger partial charge in [-0.05, 0) is 49.5 Å². The summed E-state index contributed by atoms with van der Waals surface area (Å²) in [5.74, 6) is 0.929. The lowest BCUT2D eigenvalue weighted by atomic mass is 10.2. The van der Waals surface area contributed by atoms with E-state index in [2.05, 4.69) is 38.0 Å². The van der Waals surface area contributed by atoms with Gasteiger partial charge in [-0.1, -0.05) is 6.07 Å². The van der Waals surface area contributed by atoms with Crippen molar-refractivity contribution in [3.63, 3.8) is 0 Å². The Morgan fingerprint density at radius 3 is 2.70 bits per heavy atom. The summed E-state index contributed by atoms with van der Waals surface area (Å²) in [6, 6.07) is 7.96. The minimum Gasteiger partial charge on any atom is -0.454 e. The van der Waals surface area contributed by atoms with E-state index in [0.717, 1.165) is 19.6 Å². The number of carbonyl (C=O) groups excluding carboxylic acids is 1. The van der Waals surface area contributed by atoms with Gasteiger partial charge in [0, 0.05) is 18.5 Å². The molecule has 1 saturated heterocycles. The van der Waals surface area contributed by atoms with Gasteiger partial charge in [0.2, 0.25) is 0 Å². The Morgan fingerprint density at radius 2 is 2.11 bits per heavy atom. The average molecular weight is 503 g/mol. The van der Waals surface area contributed by atoms with Gasteiger partial charge in [0.25, 0.3) is 5.91 Å². The molecule has 0 spiro atoms. The Bertz CT molecular complexity index is 741. The van der Waals surface area contributed by atoms with E-state index in [-0.39, 0.29) is 29.7 Å². The highest BCUT2D eigenvalue weighted by Gasteiger charge is 2.24. The first-order valence-electron chi connectivity index (χ1n) is 8.78. The Kier molecular flexibility index (Phi) is 8.58. The fourth-order valence-corrected chi connectivity index (χ4v) is 3.99. The maximum absolute atomic E-state index is 11.1. The number of nitrogens with one attached hydrogen (secondary N) is 2. The van der Waals surface area contributed by atoms with Crippen molar-refractivity contribution in [2.75, 3.05) is 26.7 Å². The van der Waals surface area contributed by atoms with Crippen LogP contribution in [0.5, 0.6) is 0 Å². The molecule has 1 atom stereocenters. The second-order valence-corrected chi connectivity index (χ2v) is 7.19. The van der Waals surface area contributed by atoms with E-state index >= 15 is 0 Å². The number of thiophene rings is 1. The first-order valence-corrected chi connectivity index (χ1v) is 9.66. The highest BCUT2D eigenvalue weighted by molar-refractivity contribution is 14.0. The monoisotopic (exact) mass is 503 g/mol. The van der Waals surface area contributed by atoms with Crippen molar-refractivity contribution in [2.24, 2.45) is 10.7 Å². The zero-order valence-electron chi connectivity index (χ0n) is 15.3. The van der Waals surface area contributed by atoms with Crippen LogP contribution in [0, 0.1) is 0 Å². The van der Waals surface area contributed by atoms with E-state index in [1.807, 2.05) is 0 Å². The number of rotatable bonds is 7. The summed E-state index contributed by atoms with van der Waals surface area (Å²) in [4.78, 5) is 19.3. The van der Waals surface area contributed by atoms with Crippen molar-refractivity contribution < 1.29 is 9.21 Å². The summed E-state index contributed by atoms with van der Waals surface area (Å²) in [5, 5.41) is 8.74. The predicted octanol–water partition coefficient (Wildman–Crippen LogP) is 2.56. The Hall–Kier alpha value is -1.59. The minimum absolute atomic E-state index is 0. The maximum atomic E-state index is 11.1. The lowest BCUT2D eigenvalue weighted by molar-refractivity contribution is 0.0972. The molecule has 2 aromatic rings. The fourth-order valence-electron chi connectivity index (χ4n) is 3.13. The molecule has 0 saturated carbocycles. The van der Waals surface area contributed by atoms with E-state index in [1.54, 1.807) is 30.5 Å². The standard InChI is InChI=1S/C18H25N5O2S.HI/c1-20-18(21-11-13-6-7-15(25-13)17(19)24)22-12-14(16-5-4-10-26-16)23-8-2-3-9-23;/h4-7,10,14H,2-3,8-9,11-12H2,1H3,(H2,19,24)(H2,20,21,22);1H. The Morgan fingerprint density at radius 1 is 1.33 bits per heavy atom. The number of nitrogens with two attached hydrogens (primary N) is 1. The van der Waals surface area contributed by atoms with Crippen LogP contribution in [0.1, 0.15) is 40.1 Å². The SMILES string of the molecule is CN=C(NCc1ccc(C(N)=O)o1)NCC(c1cccs1)N1CCCC1.I. The molecule has 148 valence electrons. The second-order valence-electron chi connectivity index (χ2n) is 6.21. The molecule has 1 aliphatic heterocycles. The lowest BCUT2D eigenvalue weighted by Crippen LogP contribution is -2.42. The molecule has 1 fully saturated rings. The molecule has 4 N–H and O–H groups in total. The molecule has 9 heteroatoms. The molecule has 0 bridgehead atoms. The van der Waals surface area contributed by atoms with Gasteiger partial charge in [0.05, 0.1) is 12.6 Å². The third kappa shape index (κ3) is 5.94. The molecule has 1 unspecified atom stereocenters. The third-order valence-corrected chi connectivity index (χ3v) is 5.45. The van der Waals surface area contributed by atoms with Crippen LogP contribution >= 0.6 is 35.3 Å². The van der Waals surface area contributed by atoms with Crippen molar-refractivity contribution in [1.82, 2.24) is 15.5 Å². The van der Waals surface area contributed by atoms with Crippen LogP contribution in [-0.4, -0.2) is 43.4 Å². The Labute approximate surface area is 180 Å². The van der Waals surface area contributed by atoms with Crippen molar-refractivity contribution in [1.29, 1.82) is 0 Å². The molecule has 2 aromatic heterocycles. The van der Waals surface area contributed by atoms with Crippen LogP contribution in [0.4, 0.5) is 0 Å². The number of furan rings is 1. The topological polar surface area (TPSA) is 95.9 Å². The van der Waals surface area contributed by atoms with Crippen molar-refractivity contribution >= 4 is 47.2 Å².